The second-order valence-corrected chi connectivity index (χ2v) is 5.45. The Morgan fingerprint density at radius 3 is 2.94 bits per heavy atom. The van der Waals surface area contributed by atoms with Crippen LogP contribution < -0.4 is 5.32 Å². The molecule has 1 aromatic heterocycles. The molecule has 1 N–H and O–H groups in total. The summed E-state index contributed by atoms with van der Waals surface area (Å²) in [5.74, 6) is 0.888. The lowest BCUT2D eigenvalue weighted by Crippen LogP contribution is -2.33. The highest BCUT2D eigenvalue weighted by atomic mass is 15.3. The van der Waals surface area contributed by atoms with Crippen molar-refractivity contribution in [1.29, 1.82) is 0 Å². The van der Waals surface area contributed by atoms with Crippen molar-refractivity contribution in [2.75, 3.05) is 0 Å². The lowest BCUT2D eigenvalue weighted by Gasteiger charge is -2.27. The molecular formula is C14H25N3. The second kappa shape index (κ2) is 5.67. The van der Waals surface area contributed by atoms with E-state index in [1.54, 1.807) is 0 Å². The van der Waals surface area contributed by atoms with Crippen LogP contribution in [0.2, 0.25) is 0 Å². The largest absolute Gasteiger partial charge is 0.308 e. The normalized spacial score (nSPS) is 25.1. The number of aromatic nitrogens is 2. The van der Waals surface area contributed by atoms with Crippen molar-refractivity contribution in [3.05, 3.63) is 17.5 Å². The van der Waals surface area contributed by atoms with Gasteiger partial charge in [0.05, 0.1) is 11.4 Å². The van der Waals surface area contributed by atoms with Crippen molar-refractivity contribution in [3.8, 4) is 0 Å². The molecule has 2 rings (SSSR count). The molecule has 1 saturated carbocycles. The second-order valence-electron chi connectivity index (χ2n) is 5.45. The van der Waals surface area contributed by atoms with Crippen molar-refractivity contribution in [2.24, 2.45) is 13.0 Å². The van der Waals surface area contributed by atoms with Gasteiger partial charge in [-0.15, -0.1) is 0 Å². The zero-order valence-corrected chi connectivity index (χ0v) is 11.4. The van der Waals surface area contributed by atoms with Crippen molar-refractivity contribution in [3.63, 3.8) is 0 Å². The summed E-state index contributed by atoms with van der Waals surface area (Å²) in [7, 11) is 2.04. The first kappa shape index (κ1) is 12.6. The number of rotatable bonds is 4. The molecule has 17 heavy (non-hydrogen) atoms. The van der Waals surface area contributed by atoms with Crippen LogP contribution in [0.4, 0.5) is 0 Å². The van der Waals surface area contributed by atoms with Crippen LogP contribution in [-0.2, 0) is 20.0 Å². The third-order valence-corrected chi connectivity index (χ3v) is 3.90. The number of nitrogens with one attached hydrogen (secondary N) is 1. The third-order valence-electron chi connectivity index (χ3n) is 3.90. The summed E-state index contributed by atoms with van der Waals surface area (Å²) in [4.78, 5) is 0. The van der Waals surface area contributed by atoms with E-state index in [1.165, 1.54) is 37.1 Å². The molecule has 96 valence electrons. The fraction of sp³-hybridized carbons (Fsp3) is 0.786. The van der Waals surface area contributed by atoms with Crippen LogP contribution >= 0.6 is 0 Å². The third kappa shape index (κ3) is 3.32. The summed E-state index contributed by atoms with van der Waals surface area (Å²) in [5, 5.41) is 8.17. The molecule has 1 aromatic rings. The molecule has 3 heteroatoms. The fourth-order valence-corrected chi connectivity index (χ4v) is 2.78. The van der Waals surface area contributed by atoms with Gasteiger partial charge in [0.1, 0.15) is 0 Å². The van der Waals surface area contributed by atoms with E-state index in [9.17, 15) is 0 Å². The zero-order chi connectivity index (χ0) is 12.3. The van der Waals surface area contributed by atoms with Crippen LogP contribution in [0.5, 0.6) is 0 Å². The van der Waals surface area contributed by atoms with Gasteiger partial charge in [0.25, 0.3) is 0 Å². The molecule has 2 atom stereocenters. The van der Waals surface area contributed by atoms with Gasteiger partial charge in [0.15, 0.2) is 0 Å². The van der Waals surface area contributed by atoms with E-state index < -0.39 is 0 Å². The van der Waals surface area contributed by atoms with Crippen molar-refractivity contribution in [1.82, 2.24) is 15.1 Å². The van der Waals surface area contributed by atoms with E-state index in [0.29, 0.717) is 6.04 Å². The summed E-state index contributed by atoms with van der Waals surface area (Å²) in [6.07, 6.45) is 6.48. The molecule has 0 radical (unpaired) electrons. The number of aryl methyl sites for hydroxylation is 2. The van der Waals surface area contributed by atoms with E-state index in [1.807, 2.05) is 11.7 Å². The Balaban J connectivity index is 1.86. The van der Waals surface area contributed by atoms with Crippen molar-refractivity contribution in [2.45, 2.75) is 58.5 Å². The lowest BCUT2D eigenvalue weighted by molar-refractivity contribution is 0.299. The monoisotopic (exact) mass is 235 g/mol. The average Bonchev–Trinajstić information content (AvgIpc) is 2.68. The molecule has 1 aliphatic carbocycles. The van der Waals surface area contributed by atoms with Crippen LogP contribution in [0.15, 0.2) is 6.07 Å². The van der Waals surface area contributed by atoms with Crippen LogP contribution in [0.3, 0.4) is 0 Å². The van der Waals surface area contributed by atoms with Gasteiger partial charge in [0, 0.05) is 19.6 Å². The Labute approximate surface area is 105 Å². The molecule has 0 spiro atoms. The van der Waals surface area contributed by atoms with Gasteiger partial charge in [-0.05, 0) is 31.2 Å². The van der Waals surface area contributed by atoms with Gasteiger partial charge in [-0.3, -0.25) is 4.68 Å². The van der Waals surface area contributed by atoms with Crippen LogP contribution in [0, 0.1) is 5.92 Å². The maximum atomic E-state index is 4.48. The Morgan fingerprint density at radius 2 is 2.29 bits per heavy atom. The van der Waals surface area contributed by atoms with Gasteiger partial charge in [-0.1, -0.05) is 26.7 Å². The van der Waals surface area contributed by atoms with E-state index in [2.05, 4.69) is 30.3 Å². The van der Waals surface area contributed by atoms with Crippen molar-refractivity contribution >= 4 is 0 Å². The van der Waals surface area contributed by atoms with E-state index in [-0.39, 0.29) is 0 Å². The predicted molar refractivity (Wildman–Crippen MR) is 70.8 cm³/mol. The number of hydrogen-bond acceptors (Lipinski definition) is 2. The van der Waals surface area contributed by atoms with Gasteiger partial charge >= 0.3 is 0 Å². The molecular weight excluding hydrogens is 210 g/mol. The van der Waals surface area contributed by atoms with Gasteiger partial charge in [0.2, 0.25) is 0 Å². The highest BCUT2D eigenvalue weighted by Crippen LogP contribution is 2.23. The minimum Gasteiger partial charge on any atom is -0.308 e. The van der Waals surface area contributed by atoms with Crippen LogP contribution in [-0.4, -0.2) is 15.8 Å². The summed E-state index contributed by atoms with van der Waals surface area (Å²) >= 11 is 0. The van der Waals surface area contributed by atoms with Gasteiger partial charge in [-0.25, -0.2) is 0 Å². The minimum atomic E-state index is 0.707. The van der Waals surface area contributed by atoms with Gasteiger partial charge < -0.3 is 5.32 Å². The molecule has 0 saturated heterocycles. The zero-order valence-electron chi connectivity index (χ0n) is 11.4. The average molecular weight is 235 g/mol. The highest BCUT2D eigenvalue weighted by molar-refractivity contribution is 5.10. The molecule has 2 unspecified atom stereocenters. The molecule has 3 nitrogen and oxygen atoms in total. The molecule has 1 fully saturated rings. The smallest absolute Gasteiger partial charge is 0.0625 e. The molecule has 1 heterocycles. The molecule has 0 amide bonds. The number of nitrogens with zero attached hydrogens (tertiary/aromatic N) is 2. The SMILES string of the molecule is CCc1cc(CNC2CCCC(C)C2)n(C)n1. The predicted octanol–water partition coefficient (Wildman–Crippen LogP) is 2.65. The van der Waals surface area contributed by atoms with E-state index in [4.69, 9.17) is 0 Å². The van der Waals surface area contributed by atoms with E-state index >= 15 is 0 Å². The lowest BCUT2D eigenvalue weighted by atomic mass is 9.87. The maximum absolute atomic E-state index is 4.48. The number of hydrogen-bond donors (Lipinski definition) is 1. The first-order valence-corrected chi connectivity index (χ1v) is 6.94. The first-order chi connectivity index (χ1) is 8.19. The minimum absolute atomic E-state index is 0.707. The summed E-state index contributed by atoms with van der Waals surface area (Å²) in [5.41, 5.74) is 2.50. The standard InChI is InChI=1S/C14H25N3/c1-4-12-9-14(17(3)16-12)10-15-13-7-5-6-11(2)8-13/h9,11,13,15H,4-8,10H2,1-3H3. The molecule has 0 aromatic carbocycles. The summed E-state index contributed by atoms with van der Waals surface area (Å²) in [6.45, 7) is 5.48. The Hall–Kier alpha value is -0.830. The Morgan fingerprint density at radius 1 is 1.47 bits per heavy atom. The van der Waals surface area contributed by atoms with Gasteiger partial charge in [-0.2, -0.15) is 5.10 Å². The Bertz CT molecular complexity index is 356. The van der Waals surface area contributed by atoms with Crippen LogP contribution in [0.1, 0.15) is 50.9 Å². The topological polar surface area (TPSA) is 29.9 Å². The molecule has 0 aliphatic heterocycles. The summed E-state index contributed by atoms with van der Waals surface area (Å²) in [6, 6.07) is 2.93. The first-order valence-electron chi connectivity index (χ1n) is 6.94. The van der Waals surface area contributed by atoms with E-state index in [0.717, 1.165) is 18.9 Å². The fourth-order valence-electron chi connectivity index (χ4n) is 2.78. The maximum Gasteiger partial charge on any atom is 0.0625 e. The highest BCUT2D eigenvalue weighted by Gasteiger charge is 2.18. The Kier molecular flexibility index (Phi) is 4.21. The van der Waals surface area contributed by atoms with Crippen molar-refractivity contribution < 1.29 is 0 Å². The summed E-state index contributed by atoms with van der Waals surface area (Å²) < 4.78 is 2.01. The molecule has 1 aliphatic rings. The van der Waals surface area contributed by atoms with Crippen LogP contribution in [0.25, 0.3) is 0 Å². The quantitative estimate of drug-likeness (QED) is 0.869. The molecule has 0 bridgehead atoms.